The number of anilines is 1. The van der Waals surface area contributed by atoms with Gasteiger partial charge in [-0.25, -0.2) is 4.79 Å². The van der Waals surface area contributed by atoms with Gasteiger partial charge in [-0.15, -0.1) is 0 Å². The summed E-state index contributed by atoms with van der Waals surface area (Å²) in [6.45, 7) is 16.7. The molecule has 0 spiro atoms. The quantitative estimate of drug-likeness (QED) is 0.200. The van der Waals surface area contributed by atoms with Crippen molar-refractivity contribution in [2.75, 3.05) is 90.4 Å². The highest BCUT2D eigenvalue weighted by Crippen LogP contribution is 2.51. The SMILES string of the molecule is C/C=C\C(=O)N1CC(N2CCN(C(=O)CNc3cc(C4(C)CC4)c(Cl)cc3O)CC2)C1.C=CC(=O)N1CC(N2CCN(C(=O)NCc3cc(Br)c(Cl)cc3O)CC2)C1. The molecule has 2 aromatic carbocycles. The Labute approximate surface area is 358 Å². The fourth-order valence-corrected chi connectivity index (χ4v) is 8.58. The van der Waals surface area contributed by atoms with Gasteiger partial charge in [0.25, 0.3) is 0 Å². The normalized spacial score (nSPS) is 19.8. The van der Waals surface area contributed by atoms with Gasteiger partial charge in [0.05, 0.1) is 17.3 Å². The van der Waals surface area contributed by atoms with Gasteiger partial charge in [-0.2, -0.15) is 0 Å². The standard InChI is InChI=1S/C23H31ClN4O3.C18H22BrClN4O3/c1-3-4-21(30)28-14-16(15-28)26-7-9-27(10-8-26)22(31)13-25-19-11-17(23(2)5-6-23)18(24)12-20(19)29;1-2-17(26)24-10-13(11-24)22-3-5-23(6-4-22)18(27)21-9-12-7-14(19)15(20)8-16(12)25/h3-4,11-12,16,25,29H,5-10,13-15H2,1-2H3;2,7-8,13,25H,1,3-6,9-11H2,(H,21,27)/b4-3-;. The Morgan fingerprint density at radius 1 is 0.810 bits per heavy atom. The highest BCUT2D eigenvalue weighted by molar-refractivity contribution is 9.10. The lowest BCUT2D eigenvalue weighted by Gasteiger charge is -2.47. The topological polar surface area (TPSA) is 152 Å². The van der Waals surface area contributed by atoms with E-state index in [-0.39, 0.29) is 53.8 Å². The number of phenols is 2. The fraction of sp³-hybridized carbons (Fsp3) is 0.512. The van der Waals surface area contributed by atoms with E-state index >= 15 is 0 Å². The lowest BCUT2D eigenvalue weighted by Crippen LogP contribution is -2.64. The van der Waals surface area contributed by atoms with Crippen LogP contribution in [0, 0.1) is 0 Å². The van der Waals surface area contributed by atoms with E-state index in [0.717, 1.165) is 70.8 Å². The molecule has 7 rings (SSSR count). The summed E-state index contributed by atoms with van der Waals surface area (Å²) in [6.07, 6.45) is 6.89. The number of piperazine rings is 2. The van der Waals surface area contributed by atoms with Crippen LogP contribution in [0.2, 0.25) is 10.0 Å². The number of nitrogens with zero attached hydrogens (tertiary/aromatic N) is 6. The van der Waals surface area contributed by atoms with Crippen LogP contribution in [0.5, 0.6) is 11.5 Å². The molecule has 17 heteroatoms. The highest BCUT2D eigenvalue weighted by atomic mass is 79.9. The minimum absolute atomic E-state index is 0.0201. The average Bonchev–Trinajstić information content (AvgIpc) is 3.92. The van der Waals surface area contributed by atoms with Crippen LogP contribution in [0.3, 0.4) is 0 Å². The number of amides is 5. The van der Waals surface area contributed by atoms with E-state index in [0.29, 0.717) is 64.0 Å². The van der Waals surface area contributed by atoms with Crippen LogP contribution in [0.25, 0.3) is 0 Å². The molecule has 58 heavy (non-hydrogen) atoms. The zero-order valence-corrected chi connectivity index (χ0v) is 36.2. The van der Waals surface area contributed by atoms with Crippen LogP contribution >= 0.6 is 39.1 Å². The Morgan fingerprint density at radius 2 is 1.36 bits per heavy atom. The van der Waals surface area contributed by atoms with Gasteiger partial charge in [0, 0.05) is 118 Å². The van der Waals surface area contributed by atoms with E-state index < -0.39 is 0 Å². The van der Waals surface area contributed by atoms with Crippen molar-refractivity contribution in [3.8, 4) is 11.5 Å². The van der Waals surface area contributed by atoms with Crippen LogP contribution in [0.4, 0.5) is 10.5 Å². The van der Waals surface area contributed by atoms with Crippen molar-refractivity contribution in [1.82, 2.24) is 34.7 Å². The van der Waals surface area contributed by atoms with Crippen molar-refractivity contribution >= 4 is 68.6 Å². The average molecular weight is 905 g/mol. The second kappa shape index (κ2) is 18.9. The highest BCUT2D eigenvalue weighted by Gasteiger charge is 2.41. The van der Waals surface area contributed by atoms with Gasteiger partial charge >= 0.3 is 6.03 Å². The summed E-state index contributed by atoms with van der Waals surface area (Å²) >= 11 is 15.6. The molecule has 0 atom stereocenters. The van der Waals surface area contributed by atoms with E-state index in [4.69, 9.17) is 23.2 Å². The molecule has 314 valence electrons. The van der Waals surface area contributed by atoms with Crippen LogP contribution in [-0.4, -0.2) is 161 Å². The Morgan fingerprint density at radius 3 is 1.91 bits per heavy atom. The maximum atomic E-state index is 12.7. The van der Waals surface area contributed by atoms with Gasteiger partial charge in [-0.1, -0.05) is 42.8 Å². The zero-order valence-electron chi connectivity index (χ0n) is 33.1. The van der Waals surface area contributed by atoms with E-state index in [1.807, 2.05) is 22.8 Å². The Kier molecular flexibility index (Phi) is 14.2. The van der Waals surface area contributed by atoms with Crippen molar-refractivity contribution < 1.29 is 29.4 Å². The lowest BCUT2D eigenvalue weighted by atomic mass is 9.97. The second-order valence-corrected chi connectivity index (χ2v) is 17.4. The molecule has 0 aromatic heterocycles. The molecule has 0 bridgehead atoms. The van der Waals surface area contributed by atoms with Gasteiger partial charge in [-0.05, 0) is 77.0 Å². The van der Waals surface area contributed by atoms with Crippen molar-refractivity contribution in [3.63, 3.8) is 0 Å². The molecule has 5 amide bonds. The molecule has 14 nitrogen and oxygen atoms in total. The Balaban J connectivity index is 0.000000198. The first kappa shape index (κ1) is 43.6. The van der Waals surface area contributed by atoms with Crippen molar-refractivity contribution in [2.24, 2.45) is 0 Å². The molecule has 2 aromatic rings. The monoisotopic (exact) mass is 902 g/mol. The maximum absolute atomic E-state index is 12.7. The number of allylic oxidation sites excluding steroid dienone is 1. The molecule has 0 radical (unpaired) electrons. The van der Waals surface area contributed by atoms with Crippen LogP contribution in [0.1, 0.15) is 37.8 Å². The van der Waals surface area contributed by atoms with Gasteiger partial charge < -0.3 is 40.4 Å². The Bertz CT molecular complexity index is 1900. The number of halogens is 3. The largest absolute Gasteiger partial charge is 0.508 e. The third-order valence-electron chi connectivity index (χ3n) is 11.9. The molecule has 4 saturated heterocycles. The number of benzene rings is 2. The molecular weight excluding hydrogens is 851 g/mol. The van der Waals surface area contributed by atoms with E-state index in [2.05, 4.69) is 49.9 Å². The number of likely N-dealkylation sites (tertiary alicyclic amines) is 2. The fourth-order valence-electron chi connectivity index (χ4n) is 7.64. The predicted molar refractivity (Wildman–Crippen MR) is 228 cm³/mol. The molecule has 0 unspecified atom stereocenters. The summed E-state index contributed by atoms with van der Waals surface area (Å²) in [5.41, 5.74) is 2.26. The van der Waals surface area contributed by atoms with E-state index in [9.17, 15) is 29.4 Å². The van der Waals surface area contributed by atoms with Crippen LogP contribution in [0.15, 0.2) is 53.5 Å². The molecule has 1 saturated carbocycles. The van der Waals surface area contributed by atoms with Crippen LogP contribution < -0.4 is 10.6 Å². The number of nitrogens with one attached hydrogen (secondary N) is 2. The van der Waals surface area contributed by atoms with Gasteiger partial charge in [-0.3, -0.25) is 24.2 Å². The molecule has 4 aliphatic heterocycles. The van der Waals surface area contributed by atoms with Gasteiger partial charge in [0.15, 0.2) is 0 Å². The molecular formula is C41H53BrCl2N8O6. The van der Waals surface area contributed by atoms with E-state index in [1.54, 1.807) is 34.1 Å². The smallest absolute Gasteiger partial charge is 0.317 e. The van der Waals surface area contributed by atoms with Crippen molar-refractivity contribution in [1.29, 1.82) is 0 Å². The number of urea groups is 1. The molecule has 4 heterocycles. The lowest BCUT2D eigenvalue weighted by molar-refractivity contribution is -0.136. The minimum atomic E-state index is -0.155. The molecule has 4 N–H and O–H groups in total. The zero-order chi connectivity index (χ0) is 41.7. The second-order valence-electron chi connectivity index (χ2n) is 15.8. The summed E-state index contributed by atoms with van der Waals surface area (Å²) in [4.78, 5) is 60.4. The van der Waals surface area contributed by atoms with Crippen molar-refractivity contribution in [3.05, 3.63) is 74.7 Å². The number of rotatable bonds is 10. The first-order chi connectivity index (χ1) is 27.7. The van der Waals surface area contributed by atoms with Gasteiger partial charge in [0.2, 0.25) is 17.7 Å². The summed E-state index contributed by atoms with van der Waals surface area (Å²) in [5.74, 6) is 0.186. The summed E-state index contributed by atoms with van der Waals surface area (Å²) in [5, 5.41) is 27.1. The minimum Gasteiger partial charge on any atom is -0.508 e. The number of hydrogen-bond donors (Lipinski definition) is 4. The number of carbonyl (C=O) groups excluding carboxylic acids is 4. The molecule has 5 aliphatic rings. The number of phenolic OH excluding ortho intramolecular Hbond substituents is 2. The predicted octanol–water partition coefficient (Wildman–Crippen LogP) is 4.47. The third kappa shape index (κ3) is 10.4. The Hall–Kier alpha value is -4.02. The van der Waals surface area contributed by atoms with Gasteiger partial charge in [0.1, 0.15) is 11.5 Å². The summed E-state index contributed by atoms with van der Waals surface area (Å²) in [7, 11) is 0. The molecule has 5 fully saturated rings. The molecule has 1 aliphatic carbocycles. The van der Waals surface area contributed by atoms with E-state index in [1.165, 1.54) is 12.1 Å². The first-order valence-corrected chi connectivity index (χ1v) is 21.3. The number of aromatic hydroxyl groups is 2. The first-order valence-electron chi connectivity index (χ1n) is 19.7. The number of hydrogen-bond acceptors (Lipinski definition) is 9. The third-order valence-corrected chi connectivity index (χ3v) is 13.4. The summed E-state index contributed by atoms with van der Waals surface area (Å²) < 4.78 is 0.671. The van der Waals surface area contributed by atoms with Crippen LogP contribution in [-0.2, 0) is 26.3 Å². The maximum Gasteiger partial charge on any atom is 0.317 e. The summed E-state index contributed by atoms with van der Waals surface area (Å²) in [6, 6.07) is 7.19. The van der Waals surface area contributed by atoms with Crippen molar-refractivity contribution in [2.45, 2.75) is 50.7 Å². The number of carbonyl (C=O) groups is 4.